The van der Waals surface area contributed by atoms with E-state index < -0.39 is 0 Å². The van der Waals surface area contributed by atoms with Gasteiger partial charge in [-0.2, -0.15) is 0 Å². The molecular weight excluding hydrogens is 268 g/mol. The Bertz CT molecular complexity index is 471. The van der Waals surface area contributed by atoms with Gasteiger partial charge in [0.15, 0.2) is 5.75 Å². The minimum absolute atomic E-state index is 0.0730. The molecule has 0 radical (unpaired) electrons. The summed E-state index contributed by atoms with van der Waals surface area (Å²) in [6, 6.07) is 5.25. The number of ether oxygens (including phenoxy) is 1. The monoisotopic (exact) mass is 292 g/mol. The van der Waals surface area contributed by atoms with Gasteiger partial charge in [-0.25, -0.2) is 0 Å². The fourth-order valence-electron chi connectivity index (χ4n) is 2.73. The summed E-state index contributed by atoms with van der Waals surface area (Å²) < 4.78 is 5.70. The lowest BCUT2D eigenvalue weighted by Crippen LogP contribution is -2.14. The van der Waals surface area contributed by atoms with Crippen molar-refractivity contribution in [3.8, 4) is 5.75 Å². The van der Waals surface area contributed by atoms with E-state index in [4.69, 9.17) is 4.74 Å². The lowest BCUT2D eigenvalue weighted by Gasteiger charge is -2.12. The Kier molecular flexibility index (Phi) is 5.99. The highest BCUT2D eigenvalue weighted by Gasteiger charge is 2.20. The molecule has 5 heteroatoms. The van der Waals surface area contributed by atoms with E-state index in [9.17, 15) is 10.1 Å². The largest absolute Gasteiger partial charge is 0.487 e. The van der Waals surface area contributed by atoms with Gasteiger partial charge in [-0.1, -0.05) is 25.8 Å². The van der Waals surface area contributed by atoms with Crippen LogP contribution in [0, 0.1) is 16.0 Å². The van der Waals surface area contributed by atoms with E-state index in [1.807, 2.05) is 6.07 Å². The van der Waals surface area contributed by atoms with Gasteiger partial charge in [-0.05, 0) is 43.4 Å². The van der Waals surface area contributed by atoms with Crippen molar-refractivity contribution in [3.63, 3.8) is 0 Å². The average molecular weight is 292 g/mol. The molecule has 1 N–H and O–H groups in total. The van der Waals surface area contributed by atoms with Crippen LogP contribution in [0.15, 0.2) is 18.2 Å². The third-order valence-corrected chi connectivity index (χ3v) is 3.93. The Hall–Kier alpha value is -1.62. The Morgan fingerprint density at radius 3 is 2.81 bits per heavy atom. The van der Waals surface area contributed by atoms with Gasteiger partial charge in [0, 0.05) is 12.6 Å². The third kappa shape index (κ3) is 4.70. The van der Waals surface area contributed by atoms with E-state index in [1.165, 1.54) is 25.7 Å². The summed E-state index contributed by atoms with van der Waals surface area (Å²) in [5.74, 6) is 0.946. The first-order chi connectivity index (χ1) is 10.2. The van der Waals surface area contributed by atoms with Gasteiger partial charge in [0.1, 0.15) is 0 Å². The molecule has 2 rings (SSSR count). The summed E-state index contributed by atoms with van der Waals surface area (Å²) in [4.78, 5) is 10.9. The van der Waals surface area contributed by atoms with Crippen LogP contribution in [0.5, 0.6) is 5.75 Å². The normalized spacial score (nSPS) is 15.3. The lowest BCUT2D eigenvalue weighted by molar-refractivity contribution is -0.386. The highest BCUT2D eigenvalue weighted by atomic mass is 16.6. The van der Waals surface area contributed by atoms with Gasteiger partial charge < -0.3 is 10.1 Å². The fraction of sp³-hybridized carbons (Fsp3) is 0.625. The molecule has 1 aromatic rings. The molecule has 0 aliphatic heterocycles. The molecular formula is C16H24N2O3. The van der Waals surface area contributed by atoms with Gasteiger partial charge in [-0.15, -0.1) is 0 Å². The van der Waals surface area contributed by atoms with Crippen molar-refractivity contribution < 1.29 is 9.66 Å². The molecule has 0 amide bonds. The number of hydrogen-bond donors (Lipinski definition) is 1. The van der Waals surface area contributed by atoms with Crippen LogP contribution in [0.3, 0.4) is 0 Å². The standard InChI is InChI=1S/C16H24N2O3/c1-2-9-17-11-14-7-8-16(15(10-14)18(19)20)21-12-13-5-3-4-6-13/h7-8,10,13,17H,2-6,9,11-12H2,1H3. The SMILES string of the molecule is CCCNCc1ccc(OCC2CCCC2)c([N+](=O)[O-])c1. The van der Waals surface area contributed by atoms with Crippen LogP contribution < -0.4 is 10.1 Å². The van der Waals surface area contributed by atoms with Crippen LogP contribution in [-0.2, 0) is 6.54 Å². The van der Waals surface area contributed by atoms with E-state index >= 15 is 0 Å². The van der Waals surface area contributed by atoms with Crippen molar-refractivity contribution in [2.75, 3.05) is 13.2 Å². The summed E-state index contributed by atoms with van der Waals surface area (Å²) in [5.41, 5.74) is 0.993. The number of hydrogen-bond acceptors (Lipinski definition) is 4. The molecule has 0 spiro atoms. The zero-order valence-corrected chi connectivity index (χ0v) is 12.6. The molecule has 0 aromatic heterocycles. The fourth-order valence-corrected chi connectivity index (χ4v) is 2.73. The van der Waals surface area contributed by atoms with Crippen molar-refractivity contribution in [2.45, 2.75) is 45.6 Å². The minimum Gasteiger partial charge on any atom is -0.487 e. The number of rotatable bonds is 8. The second-order valence-electron chi connectivity index (χ2n) is 5.70. The predicted octanol–water partition coefficient (Wildman–Crippen LogP) is 3.66. The maximum absolute atomic E-state index is 11.2. The zero-order valence-electron chi connectivity index (χ0n) is 12.6. The van der Waals surface area contributed by atoms with Crippen molar-refractivity contribution in [3.05, 3.63) is 33.9 Å². The Labute approximate surface area is 125 Å². The first-order valence-corrected chi connectivity index (χ1v) is 7.81. The molecule has 0 bridgehead atoms. The van der Waals surface area contributed by atoms with Crippen LogP contribution in [0.4, 0.5) is 5.69 Å². The molecule has 0 unspecified atom stereocenters. The first-order valence-electron chi connectivity index (χ1n) is 7.81. The molecule has 1 fully saturated rings. The summed E-state index contributed by atoms with van der Waals surface area (Å²) in [7, 11) is 0. The van der Waals surface area contributed by atoms with Crippen LogP contribution in [-0.4, -0.2) is 18.1 Å². The highest BCUT2D eigenvalue weighted by Crippen LogP contribution is 2.31. The minimum atomic E-state index is -0.354. The molecule has 1 saturated carbocycles. The lowest BCUT2D eigenvalue weighted by atomic mass is 10.1. The molecule has 0 heterocycles. The maximum atomic E-state index is 11.2. The van der Waals surface area contributed by atoms with Crippen LogP contribution in [0.1, 0.15) is 44.6 Å². The van der Waals surface area contributed by atoms with Crippen molar-refractivity contribution in [1.29, 1.82) is 0 Å². The van der Waals surface area contributed by atoms with Crippen LogP contribution in [0.2, 0.25) is 0 Å². The molecule has 21 heavy (non-hydrogen) atoms. The smallest absolute Gasteiger partial charge is 0.311 e. The third-order valence-electron chi connectivity index (χ3n) is 3.93. The Morgan fingerprint density at radius 1 is 1.38 bits per heavy atom. The van der Waals surface area contributed by atoms with E-state index in [0.29, 0.717) is 24.8 Å². The highest BCUT2D eigenvalue weighted by molar-refractivity contribution is 5.48. The van der Waals surface area contributed by atoms with Crippen LogP contribution in [0.25, 0.3) is 0 Å². The summed E-state index contributed by atoms with van der Waals surface area (Å²) in [5, 5.41) is 14.5. The van der Waals surface area contributed by atoms with Gasteiger partial charge in [0.05, 0.1) is 11.5 Å². The van der Waals surface area contributed by atoms with E-state index in [-0.39, 0.29) is 10.6 Å². The van der Waals surface area contributed by atoms with E-state index in [2.05, 4.69) is 12.2 Å². The number of benzene rings is 1. The molecule has 0 atom stereocenters. The molecule has 5 nitrogen and oxygen atoms in total. The van der Waals surface area contributed by atoms with E-state index in [1.54, 1.807) is 12.1 Å². The number of nitrogens with zero attached hydrogens (tertiary/aromatic N) is 1. The van der Waals surface area contributed by atoms with Gasteiger partial charge in [0.25, 0.3) is 0 Å². The quantitative estimate of drug-likeness (QED) is 0.451. The predicted molar refractivity (Wildman–Crippen MR) is 82.5 cm³/mol. The second-order valence-corrected chi connectivity index (χ2v) is 5.70. The van der Waals surface area contributed by atoms with Crippen molar-refractivity contribution in [1.82, 2.24) is 5.32 Å². The molecule has 116 valence electrons. The molecule has 1 aliphatic rings. The van der Waals surface area contributed by atoms with Crippen LogP contribution >= 0.6 is 0 Å². The zero-order chi connectivity index (χ0) is 15.1. The van der Waals surface area contributed by atoms with Crippen molar-refractivity contribution >= 4 is 5.69 Å². The van der Waals surface area contributed by atoms with Gasteiger partial charge >= 0.3 is 5.69 Å². The Morgan fingerprint density at radius 2 is 2.14 bits per heavy atom. The topological polar surface area (TPSA) is 64.4 Å². The maximum Gasteiger partial charge on any atom is 0.311 e. The molecule has 1 aliphatic carbocycles. The first kappa shape index (κ1) is 15.8. The van der Waals surface area contributed by atoms with E-state index in [0.717, 1.165) is 18.5 Å². The van der Waals surface area contributed by atoms with Crippen molar-refractivity contribution in [2.24, 2.45) is 5.92 Å². The summed E-state index contributed by atoms with van der Waals surface area (Å²) in [6.45, 7) is 4.25. The van der Waals surface area contributed by atoms with Gasteiger partial charge in [-0.3, -0.25) is 10.1 Å². The summed E-state index contributed by atoms with van der Waals surface area (Å²) in [6.07, 6.45) is 5.89. The average Bonchev–Trinajstić information content (AvgIpc) is 2.99. The number of nitro benzene ring substituents is 1. The summed E-state index contributed by atoms with van der Waals surface area (Å²) >= 11 is 0. The molecule has 0 saturated heterocycles. The molecule has 1 aromatic carbocycles. The number of nitro groups is 1. The van der Waals surface area contributed by atoms with Gasteiger partial charge in [0.2, 0.25) is 0 Å². The number of nitrogens with one attached hydrogen (secondary N) is 1. The Balaban J connectivity index is 2.00. The second kappa shape index (κ2) is 7.98.